The number of hydrogen-bond donors (Lipinski definition) is 1. The molecule has 0 saturated heterocycles. The van der Waals surface area contributed by atoms with Gasteiger partial charge in [0, 0.05) is 11.3 Å². The smallest absolute Gasteiger partial charge is 0.184 e. The van der Waals surface area contributed by atoms with E-state index in [0.717, 1.165) is 12.8 Å². The molecule has 5 nitrogen and oxygen atoms in total. The molecule has 0 spiro atoms. The van der Waals surface area contributed by atoms with E-state index < -0.39 is 0 Å². The predicted octanol–water partition coefficient (Wildman–Crippen LogP) is 1.79. The van der Waals surface area contributed by atoms with Crippen molar-refractivity contribution in [3.8, 4) is 11.4 Å². The molecule has 0 radical (unpaired) electrons. The van der Waals surface area contributed by atoms with Crippen molar-refractivity contribution < 1.29 is 4.39 Å². The zero-order valence-electron chi connectivity index (χ0n) is 9.17. The van der Waals surface area contributed by atoms with Gasteiger partial charge in [-0.05, 0) is 47.9 Å². The summed E-state index contributed by atoms with van der Waals surface area (Å²) in [6.45, 7) is 0. The Labute approximate surface area is 97.4 Å². The molecule has 17 heavy (non-hydrogen) atoms. The lowest BCUT2D eigenvalue weighted by Crippen LogP contribution is -2.19. The number of tetrazole rings is 1. The summed E-state index contributed by atoms with van der Waals surface area (Å²) in [6, 6.07) is 4.56. The van der Waals surface area contributed by atoms with Gasteiger partial charge in [0.05, 0.1) is 6.04 Å². The molecule has 1 aliphatic rings. The molecule has 6 heteroatoms. The first-order valence-corrected chi connectivity index (χ1v) is 5.59. The average Bonchev–Trinajstić information content (AvgIpc) is 2.68. The topological polar surface area (TPSA) is 69.6 Å². The van der Waals surface area contributed by atoms with Gasteiger partial charge < -0.3 is 5.73 Å². The molecular weight excluding hydrogens is 221 g/mol. The summed E-state index contributed by atoms with van der Waals surface area (Å²) in [6.07, 6.45) is 3.31. The number of nitrogen functional groups attached to an aromatic ring is 1. The quantitative estimate of drug-likeness (QED) is 0.803. The molecule has 1 aliphatic carbocycles. The summed E-state index contributed by atoms with van der Waals surface area (Å²) < 4.78 is 15.0. The maximum atomic E-state index is 13.2. The van der Waals surface area contributed by atoms with Gasteiger partial charge in [0.15, 0.2) is 5.82 Å². The molecule has 0 unspecified atom stereocenters. The van der Waals surface area contributed by atoms with Crippen LogP contribution < -0.4 is 5.73 Å². The Morgan fingerprint density at radius 1 is 1.35 bits per heavy atom. The second kappa shape index (κ2) is 3.80. The fourth-order valence-electron chi connectivity index (χ4n) is 1.97. The number of nitrogens with two attached hydrogens (primary N) is 1. The Morgan fingerprint density at radius 2 is 2.18 bits per heavy atom. The molecule has 1 heterocycles. The van der Waals surface area contributed by atoms with E-state index in [1.165, 1.54) is 24.6 Å². The molecule has 2 N–H and O–H groups in total. The Morgan fingerprint density at radius 3 is 2.88 bits per heavy atom. The summed E-state index contributed by atoms with van der Waals surface area (Å²) >= 11 is 0. The standard InChI is InChI=1S/C11H12FN5/c12-7-4-5-10(13)9(6-7)11-14-15-16-17(11)8-2-1-3-8/h4-6,8H,1-3,13H2. The molecule has 0 atom stereocenters. The van der Waals surface area contributed by atoms with Gasteiger partial charge in [-0.1, -0.05) is 0 Å². The largest absolute Gasteiger partial charge is 0.398 e. The number of nitrogens with zero attached hydrogens (tertiary/aromatic N) is 4. The van der Waals surface area contributed by atoms with E-state index in [-0.39, 0.29) is 5.82 Å². The van der Waals surface area contributed by atoms with Gasteiger partial charge in [0.25, 0.3) is 0 Å². The average molecular weight is 233 g/mol. The lowest BCUT2D eigenvalue weighted by atomic mass is 9.93. The first kappa shape index (κ1) is 10.2. The molecule has 1 aromatic heterocycles. The van der Waals surface area contributed by atoms with Gasteiger partial charge in [0.2, 0.25) is 0 Å². The highest BCUT2D eigenvalue weighted by molar-refractivity contribution is 5.71. The van der Waals surface area contributed by atoms with E-state index in [1.807, 2.05) is 0 Å². The van der Waals surface area contributed by atoms with Crippen LogP contribution in [0.4, 0.5) is 10.1 Å². The minimum Gasteiger partial charge on any atom is -0.398 e. The highest BCUT2D eigenvalue weighted by atomic mass is 19.1. The number of halogens is 1. The minimum atomic E-state index is -0.336. The van der Waals surface area contributed by atoms with Crippen LogP contribution in [0.15, 0.2) is 18.2 Å². The van der Waals surface area contributed by atoms with Gasteiger partial charge in [-0.3, -0.25) is 0 Å². The van der Waals surface area contributed by atoms with Gasteiger partial charge >= 0.3 is 0 Å². The molecule has 1 saturated carbocycles. The zero-order chi connectivity index (χ0) is 11.8. The Kier molecular flexibility index (Phi) is 2.28. The lowest BCUT2D eigenvalue weighted by Gasteiger charge is -2.25. The van der Waals surface area contributed by atoms with Crippen LogP contribution in [0.3, 0.4) is 0 Å². The molecule has 0 bridgehead atoms. The predicted molar refractivity (Wildman–Crippen MR) is 60.5 cm³/mol. The summed E-state index contributed by atoms with van der Waals surface area (Å²) in [5, 5.41) is 11.6. The van der Waals surface area contributed by atoms with Crippen LogP contribution in [0.25, 0.3) is 11.4 Å². The Hall–Kier alpha value is -1.98. The normalized spacial score (nSPS) is 15.8. The van der Waals surface area contributed by atoms with Crippen molar-refractivity contribution in [3.63, 3.8) is 0 Å². The molecule has 3 rings (SSSR count). The highest BCUT2D eigenvalue weighted by Gasteiger charge is 2.25. The molecule has 1 aromatic carbocycles. The van der Waals surface area contributed by atoms with Crippen LogP contribution in [0.2, 0.25) is 0 Å². The minimum absolute atomic E-state index is 0.322. The molecule has 2 aromatic rings. The van der Waals surface area contributed by atoms with Crippen molar-refractivity contribution >= 4 is 5.69 Å². The monoisotopic (exact) mass is 233 g/mol. The summed E-state index contributed by atoms with van der Waals surface area (Å²) in [7, 11) is 0. The van der Waals surface area contributed by atoms with Gasteiger partial charge in [-0.2, -0.15) is 0 Å². The van der Waals surface area contributed by atoms with Crippen molar-refractivity contribution in [2.24, 2.45) is 0 Å². The zero-order valence-corrected chi connectivity index (χ0v) is 9.17. The fourth-order valence-corrected chi connectivity index (χ4v) is 1.97. The van der Waals surface area contributed by atoms with Crippen LogP contribution in [0.1, 0.15) is 25.3 Å². The van der Waals surface area contributed by atoms with Gasteiger partial charge in [0.1, 0.15) is 5.82 Å². The number of hydrogen-bond acceptors (Lipinski definition) is 4. The van der Waals surface area contributed by atoms with E-state index in [1.54, 1.807) is 4.68 Å². The Bertz CT molecular complexity index is 547. The van der Waals surface area contributed by atoms with E-state index in [4.69, 9.17) is 5.73 Å². The van der Waals surface area contributed by atoms with Crippen molar-refractivity contribution in [2.45, 2.75) is 25.3 Å². The van der Waals surface area contributed by atoms with Crippen molar-refractivity contribution in [1.29, 1.82) is 0 Å². The van der Waals surface area contributed by atoms with Crippen LogP contribution >= 0.6 is 0 Å². The van der Waals surface area contributed by atoms with E-state index in [9.17, 15) is 4.39 Å². The van der Waals surface area contributed by atoms with Crippen molar-refractivity contribution in [1.82, 2.24) is 20.2 Å². The number of aromatic nitrogens is 4. The first-order chi connectivity index (χ1) is 8.25. The van der Waals surface area contributed by atoms with E-state index >= 15 is 0 Å². The first-order valence-electron chi connectivity index (χ1n) is 5.59. The fraction of sp³-hybridized carbons (Fsp3) is 0.364. The van der Waals surface area contributed by atoms with Crippen LogP contribution in [0, 0.1) is 5.82 Å². The summed E-state index contributed by atoms with van der Waals surface area (Å²) in [4.78, 5) is 0. The molecule has 1 fully saturated rings. The number of rotatable bonds is 2. The highest BCUT2D eigenvalue weighted by Crippen LogP contribution is 2.34. The van der Waals surface area contributed by atoms with Gasteiger partial charge in [-0.25, -0.2) is 9.07 Å². The van der Waals surface area contributed by atoms with E-state index in [0.29, 0.717) is 23.1 Å². The molecule has 0 amide bonds. The second-order valence-corrected chi connectivity index (χ2v) is 4.26. The van der Waals surface area contributed by atoms with Gasteiger partial charge in [-0.15, -0.1) is 5.10 Å². The third-order valence-electron chi connectivity index (χ3n) is 3.17. The van der Waals surface area contributed by atoms with Crippen LogP contribution in [-0.4, -0.2) is 20.2 Å². The molecular formula is C11H12FN5. The summed E-state index contributed by atoms with van der Waals surface area (Å²) in [5.41, 5.74) is 6.88. The van der Waals surface area contributed by atoms with Crippen LogP contribution in [-0.2, 0) is 0 Å². The van der Waals surface area contributed by atoms with Crippen molar-refractivity contribution in [2.75, 3.05) is 5.73 Å². The second-order valence-electron chi connectivity index (χ2n) is 4.26. The SMILES string of the molecule is Nc1ccc(F)cc1-c1nnnn1C1CCC1. The molecule has 0 aliphatic heterocycles. The summed E-state index contributed by atoms with van der Waals surface area (Å²) in [5.74, 6) is 0.212. The number of benzene rings is 1. The van der Waals surface area contributed by atoms with E-state index in [2.05, 4.69) is 15.5 Å². The molecule has 88 valence electrons. The third-order valence-corrected chi connectivity index (χ3v) is 3.17. The van der Waals surface area contributed by atoms with Crippen LogP contribution in [0.5, 0.6) is 0 Å². The maximum absolute atomic E-state index is 13.2. The number of anilines is 1. The Balaban J connectivity index is 2.08. The van der Waals surface area contributed by atoms with Crippen molar-refractivity contribution in [3.05, 3.63) is 24.0 Å². The maximum Gasteiger partial charge on any atom is 0.184 e. The third kappa shape index (κ3) is 1.65. The lowest BCUT2D eigenvalue weighted by molar-refractivity contribution is 0.287.